The maximum atomic E-state index is 13.4. The number of hydrogen-bond acceptors (Lipinski definition) is 4. The molecule has 0 radical (unpaired) electrons. The first-order chi connectivity index (χ1) is 14.1. The summed E-state index contributed by atoms with van der Waals surface area (Å²) < 4.78 is 28.5. The van der Waals surface area contributed by atoms with E-state index in [0.717, 1.165) is 34.6 Å². The van der Waals surface area contributed by atoms with Crippen molar-refractivity contribution in [3.8, 4) is 11.1 Å². The predicted octanol–water partition coefficient (Wildman–Crippen LogP) is 4.80. The van der Waals surface area contributed by atoms with Gasteiger partial charge in [0.1, 0.15) is 5.69 Å². The van der Waals surface area contributed by atoms with E-state index in [1.165, 1.54) is 6.07 Å². The Hall–Kier alpha value is -3.55. The molecule has 0 spiro atoms. The lowest BCUT2D eigenvalue weighted by Gasteiger charge is -2.13. The SMILES string of the molecule is Cc1cc2c(cn1)cc(-c1cc(Nc3cc(C(C)(F)F)[nH]n3)ccc1C)c(=O)n2C. The fourth-order valence-electron chi connectivity index (χ4n) is 3.41. The minimum absolute atomic E-state index is 0.124. The summed E-state index contributed by atoms with van der Waals surface area (Å²) in [6, 6.07) is 10.5. The van der Waals surface area contributed by atoms with Crippen LogP contribution in [0.4, 0.5) is 20.3 Å². The number of aryl methyl sites for hydroxylation is 3. The van der Waals surface area contributed by atoms with E-state index < -0.39 is 5.92 Å². The van der Waals surface area contributed by atoms with Crippen molar-refractivity contribution in [2.24, 2.45) is 7.05 Å². The number of nitrogens with one attached hydrogen (secondary N) is 2. The van der Waals surface area contributed by atoms with Crippen LogP contribution in [0.3, 0.4) is 0 Å². The lowest BCUT2D eigenvalue weighted by Crippen LogP contribution is -2.19. The van der Waals surface area contributed by atoms with E-state index in [1.807, 2.05) is 44.2 Å². The molecule has 0 fully saturated rings. The number of benzene rings is 1. The highest BCUT2D eigenvalue weighted by Gasteiger charge is 2.27. The zero-order chi connectivity index (χ0) is 21.6. The molecule has 0 aliphatic carbocycles. The molecule has 3 aromatic heterocycles. The Balaban J connectivity index is 1.77. The molecule has 4 rings (SSSR count). The van der Waals surface area contributed by atoms with Crippen molar-refractivity contribution in [2.45, 2.75) is 26.7 Å². The molecule has 8 heteroatoms. The summed E-state index contributed by atoms with van der Waals surface area (Å²) in [5, 5.41) is 10.1. The van der Waals surface area contributed by atoms with Crippen LogP contribution in [0.15, 0.2) is 47.4 Å². The zero-order valence-electron chi connectivity index (χ0n) is 17.0. The lowest BCUT2D eigenvalue weighted by molar-refractivity contribution is 0.0127. The van der Waals surface area contributed by atoms with Crippen LogP contribution in [0, 0.1) is 13.8 Å². The average molecular weight is 409 g/mol. The molecule has 4 aromatic rings. The second kappa shape index (κ2) is 7.05. The molecular formula is C22H21F2N5O. The Morgan fingerprint density at radius 2 is 1.87 bits per heavy atom. The van der Waals surface area contributed by atoms with Crippen LogP contribution < -0.4 is 10.9 Å². The van der Waals surface area contributed by atoms with Gasteiger partial charge in [-0.2, -0.15) is 13.9 Å². The normalized spacial score (nSPS) is 11.8. The van der Waals surface area contributed by atoms with Crippen molar-refractivity contribution in [2.75, 3.05) is 5.32 Å². The lowest BCUT2D eigenvalue weighted by atomic mass is 9.99. The topological polar surface area (TPSA) is 75.6 Å². The first kappa shape index (κ1) is 19.8. The number of halogens is 2. The van der Waals surface area contributed by atoms with Crippen molar-refractivity contribution in [1.29, 1.82) is 0 Å². The van der Waals surface area contributed by atoms with E-state index in [4.69, 9.17) is 0 Å². The summed E-state index contributed by atoms with van der Waals surface area (Å²) in [6.07, 6.45) is 1.75. The van der Waals surface area contributed by atoms with Gasteiger partial charge in [-0.25, -0.2) is 0 Å². The van der Waals surface area contributed by atoms with Gasteiger partial charge in [0.25, 0.3) is 11.5 Å². The van der Waals surface area contributed by atoms with Crippen LogP contribution in [0.1, 0.15) is 23.9 Å². The highest BCUT2D eigenvalue weighted by Crippen LogP contribution is 2.30. The first-order valence-electron chi connectivity index (χ1n) is 9.41. The van der Waals surface area contributed by atoms with Gasteiger partial charge < -0.3 is 9.88 Å². The number of hydrogen-bond donors (Lipinski definition) is 2. The van der Waals surface area contributed by atoms with Gasteiger partial charge in [-0.1, -0.05) is 6.07 Å². The van der Waals surface area contributed by atoms with Crippen LogP contribution in [0.25, 0.3) is 22.0 Å². The molecule has 154 valence electrons. The van der Waals surface area contributed by atoms with E-state index in [-0.39, 0.29) is 17.1 Å². The number of aromatic nitrogens is 4. The van der Waals surface area contributed by atoms with E-state index in [2.05, 4.69) is 20.5 Å². The standard InChI is InChI=1S/C22H21F2N5O/c1-12-5-6-15(26-20-10-19(27-28-20)22(3,23)24)9-16(12)17-8-14-11-25-13(2)7-18(14)29(4)21(17)30/h5-11H,1-4H3,(H2,26,27,28). The highest BCUT2D eigenvalue weighted by molar-refractivity contribution is 5.85. The number of fused-ring (bicyclic) bond motifs is 1. The monoisotopic (exact) mass is 409 g/mol. The maximum absolute atomic E-state index is 13.4. The van der Waals surface area contributed by atoms with Crippen LogP contribution in [0.5, 0.6) is 0 Å². The van der Waals surface area contributed by atoms with Crippen LogP contribution >= 0.6 is 0 Å². The summed E-state index contributed by atoms with van der Waals surface area (Å²) >= 11 is 0. The Bertz CT molecular complexity index is 1320. The molecule has 0 saturated carbocycles. The van der Waals surface area contributed by atoms with Gasteiger partial charge in [-0.15, -0.1) is 0 Å². The number of pyridine rings is 2. The largest absolute Gasteiger partial charge is 0.339 e. The Morgan fingerprint density at radius 3 is 2.57 bits per heavy atom. The van der Waals surface area contributed by atoms with Crippen molar-refractivity contribution < 1.29 is 8.78 Å². The third-order valence-electron chi connectivity index (χ3n) is 5.10. The van der Waals surface area contributed by atoms with Gasteiger partial charge in [-0.3, -0.25) is 14.9 Å². The molecule has 0 aliphatic heterocycles. The van der Waals surface area contributed by atoms with Gasteiger partial charge in [-0.05, 0) is 49.2 Å². The summed E-state index contributed by atoms with van der Waals surface area (Å²) in [5.74, 6) is -2.73. The predicted molar refractivity (Wildman–Crippen MR) is 113 cm³/mol. The fraction of sp³-hybridized carbons (Fsp3) is 0.227. The van der Waals surface area contributed by atoms with Gasteiger partial charge in [0.15, 0.2) is 5.82 Å². The third kappa shape index (κ3) is 3.56. The van der Waals surface area contributed by atoms with E-state index in [0.29, 0.717) is 11.3 Å². The zero-order valence-corrected chi connectivity index (χ0v) is 17.0. The molecule has 0 bridgehead atoms. The molecule has 0 aliphatic rings. The second-order valence-electron chi connectivity index (χ2n) is 7.52. The summed E-state index contributed by atoms with van der Waals surface area (Å²) in [7, 11) is 1.74. The van der Waals surface area contributed by atoms with Crippen LogP contribution in [-0.2, 0) is 13.0 Å². The highest BCUT2D eigenvalue weighted by atomic mass is 19.3. The number of rotatable bonds is 4. The molecule has 0 amide bonds. The Morgan fingerprint density at radius 1 is 1.10 bits per heavy atom. The fourth-order valence-corrected chi connectivity index (χ4v) is 3.41. The molecule has 6 nitrogen and oxygen atoms in total. The molecule has 2 N–H and O–H groups in total. The first-order valence-corrected chi connectivity index (χ1v) is 9.41. The minimum atomic E-state index is -3.00. The molecule has 0 atom stereocenters. The number of anilines is 2. The van der Waals surface area contributed by atoms with Gasteiger partial charge in [0.2, 0.25) is 0 Å². The summed E-state index contributed by atoms with van der Waals surface area (Å²) in [4.78, 5) is 17.4. The van der Waals surface area contributed by atoms with E-state index in [1.54, 1.807) is 17.8 Å². The van der Waals surface area contributed by atoms with E-state index in [9.17, 15) is 13.6 Å². The van der Waals surface area contributed by atoms with Crippen LogP contribution in [0.2, 0.25) is 0 Å². The van der Waals surface area contributed by atoms with Gasteiger partial charge in [0.05, 0.1) is 5.52 Å². The van der Waals surface area contributed by atoms with Crippen molar-refractivity contribution >= 4 is 22.4 Å². The second-order valence-corrected chi connectivity index (χ2v) is 7.52. The maximum Gasteiger partial charge on any atom is 0.286 e. The van der Waals surface area contributed by atoms with Crippen LogP contribution in [-0.4, -0.2) is 19.7 Å². The Kier molecular flexibility index (Phi) is 4.64. The molecule has 30 heavy (non-hydrogen) atoms. The average Bonchev–Trinajstić information content (AvgIpc) is 3.16. The molecule has 0 unspecified atom stereocenters. The number of alkyl halides is 2. The Labute approximate surface area is 171 Å². The van der Waals surface area contributed by atoms with Crippen molar-refractivity contribution in [3.63, 3.8) is 0 Å². The van der Waals surface area contributed by atoms with E-state index >= 15 is 0 Å². The van der Waals surface area contributed by atoms with Crippen molar-refractivity contribution in [3.05, 3.63) is 69.9 Å². The molecule has 3 heterocycles. The number of H-pyrrole nitrogens is 1. The van der Waals surface area contributed by atoms with Crippen molar-refractivity contribution in [1.82, 2.24) is 19.7 Å². The molecule has 0 saturated heterocycles. The number of nitrogens with zero attached hydrogens (tertiary/aromatic N) is 3. The quantitative estimate of drug-likeness (QED) is 0.508. The third-order valence-corrected chi connectivity index (χ3v) is 5.10. The smallest absolute Gasteiger partial charge is 0.286 e. The number of aromatic amines is 1. The molecule has 1 aromatic carbocycles. The van der Waals surface area contributed by atoms with Gasteiger partial charge >= 0.3 is 0 Å². The minimum Gasteiger partial charge on any atom is -0.339 e. The summed E-state index contributed by atoms with van der Waals surface area (Å²) in [5.41, 5.74) is 4.09. The summed E-state index contributed by atoms with van der Waals surface area (Å²) in [6.45, 7) is 4.60. The molecular weight excluding hydrogens is 388 g/mol. The van der Waals surface area contributed by atoms with Gasteiger partial charge in [0, 0.05) is 48.6 Å².